The minimum absolute atomic E-state index is 0.619. The molecule has 0 unspecified atom stereocenters. The van der Waals surface area contributed by atoms with Gasteiger partial charge in [0.1, 0.15) is 0 Å². The molecule has 3 nitrogen and oxygen atoms in total. The SMILES string of the molecule is CCn1nc2c(c1-c1ccc(C(F)(F)F)cc1)CCNCC2. The molecule has 118 valence electrons. The van der Waals surface area contributed by atoms with E-state index in [4.69, 9.17) is 0 Å². The van der Waals surface area contributed by atoms with E-state index < -0.39 is 11.7 Å². The molecule has 0 amide bonds. The highest BCUT2D eigenvalue weighted by Gasteiger charge is 2.30. The van der Waals surface area contributed by atoms with Crippen LogP contribution in [-0.4, -0.2) is 22.9 Å². The number of alkyl halides is 3. The summed E-state index contributed by atoms with van der Waals surface area (Å²) in [6.07, 6.45) is -2.59. The van der Waals surface area contributed by atoms with E-state index in [1.54, 1.807) is 12.1 Å². The molecular weight excluding hydrogens is 291 g/mol. The lowest BCUT2D eigenvalue weighted by molar-refractivity contribution is -0.137. The number of benzene rings is 1. The second kappa shape index (κ2) is 5.76. The standard InChI is InChI=1S/C16H18F3N3/c1-2-22-15(13-7-9-20-10-8-14(13)21-22)11-3-5-12(6-4-11)16(17,18)19/h3-6,20H,2,7-10H2,1H3. The Hall–Kier alpha value is -1.82. The van der Waals surface area contributed by atoms with Crippen molar-refractivity contribution in [2.24, 2.45) is 0 Å². The summed E-state index contributed by atoms with van der Waals surface area (Å²) in [6.45, 7) is 4.46. The van der Waals surface area contributed by atoms with Gasteiger partial charge in [-0.2, -0.15) is 18.3 Å². The Kier molecular flexibility index (Phi) is 3.95. The van der Waals surface area contributed by atoms with E-state index in [0.717, 1.165) is 60.6 Å². The van der Waals surface area contributed by atoms with Crippen LogP contribution in [0, 0.1) is 0 Å². The van der Waals surface area contributed by atoms with E-state index in [2.05, 4.69) is 10.4 Å². The number of hydrogen-bond acceptors (Lipinski definition) is 2. The van der Waals surface area contributed by atoms with Crippen molar-refractivity contribution < 1.29 is 13.2 Å². The summed E-state index contributed by atoms with van der Waals surface area (Å²) in [6, 6.07) is 5.38. The number of rotatable bonds is 2. The summed E-state index contributed by atoms with van der Waals surface area (Å²) in [4.78, 5) is 0. The summed E-state index contributed by atoms with van der Waals surface area (Å²) in [5, 5.41) is 7.96. The van der Waals surface area contributed by atoms with E-state index in [1.807, 2.05) is 11.6 Å². The molecule has 0 bridgehead atoms. The second-order valence-electron chi connectivity index (χ2n) is 5.41. The van der Waals surface area contributed by atoms with Crippen molar-refractivity contribution >= 4 is 0 Å². The molecular formula is C16H18F3N3. The normalized spacial score (nSPS) is 15.5. The molecule has 1 aromatic heterocycles. The van der Waals surface area contributed by atoms with Crippen molar-refractivity contribution in [2.45, 2.75) is 32.5 Å². The fourth-order valence-corrected chi connectivity index (χ4v) is 2.93. The van der Waals surface area contributed by atoms with Crippen LogP contribution >= 0.6 is 0 Å². The molecule has 0 saturated carbocycles. The Morgan fingerprint density at radius 2 is 1.82 bits per heavy atom. The first kappa shape index (κ1) is 15.1. The molecule has 22 heavy (non-hydrogen) atoms. The zero-order chi connectivity index (χ0) is 15.7. The molecule has 2 aromatic rings. The Morgan fingerprint density at radius 3 is 2.45 bits per heavy atom. The van der Waals surface area contributed by atoms with Crippen molar-refractivity contribution in [3.05, 3.63) is 41.1 Å². The van der Waals surface area contributed by atoms with Gasteiger partial charge in [-0.25, -0.2) is 0 Å². The van der Waals surface area contributed by atoms with E-state index >= 15 is 0 Å². The van der Waals surface area contributed by atoms with Gasteiger partial charge in [0.25, 0.3) is 0 Å². The van der Waals surface area contributed by atoms with Gasteiger partial charge in [-0.1, -0.05) is 12.1 Å². The van der Waals surface area contributed by atoms with E-state index in [-0.39, 0.29) is 0 Å². The van der Waals surface area contributed by atoms with Crippen LogP contribution in [-0.2, 0) is 25.6 Å². The molecule has 0 atom stereocenters. The Morgan fingerprint density at radius 1 is 1.14 bits per heavy atom. The Bertz CT molecular complexity index is 657. The molecule has 1 aliphatic rings. The summed E-state index contributed by atoms with van der Waals surface area (Å²) < 4.78 is 40.0. The fraction of sp³-hybridized carbons (Fsp3) is 0.438. The van der Waals surface area contributed by atoms with Crippen LogP contribution in [0.5, 0.6) is 0 Å². The maximum absolute atomic E-state index is 12.7. The van der Waals surface area contributed by atoms with Crippen LogP contribution in [0.15, 0.2) is 24.3 Å². The van der Waals surface area contributed by atoms with Gasteiger partial charge < -0.3 is 5.32 Å². The molecule has 0 radical (unpaired) electrons. The monoisotopic (exact) mass is 309 g/mol. The van der Waals surface area contributed by atoms with Gasteiger partial charge in [0, 0.05) is 30.6 Å². The minimum Gasteiger partial charge on any atom is -0.316 e. The molecule has 0 aliphatic carbocycles. The number of aryl methyl sites for hydroxylation is 1. The first-order chi connectivity index (χ1) is 10.5. The predicted molar refractivity (Wildman–Crippen MR) is 78.6 cm³/mol. The highest BCUT2D eigenvalue weighted by molar-refractivity contribution is 5.65. The smallest absolute Gasteiger partial charge is 0.316 e. The quantitative estimate of drug-likeness (QED) is 0.922. The summed E-state index contributed by atoms with van der Waals surface area (Å²) in [5.41, 5.74) is 3.35. The van der Waals surface area contributed by atoms with Gasteiger partial charge >= 0.3 is 6.18 Å². The lowest BCUT2D eigenvalue weighted by atomic mass is 10.0. The van der Waals surface area contributed by atoms with E-state index in [0.29, 0.717) is 6.54 Å². The van der Waals surface area contributed by atoms with Crippen LogP contribution in [0.4, 0.5) is 13.2 Å². The Balaban J connectivity index is 2.05. The molecule has 2 heterocycles. The van der Waals surface area contributed by atoms with Crippen molar-refractivity contribution in [3.63, 3.8) is 0 Å². The number of fused-ring (bicyclic) bond motifs is 1. The van der Waals surface area contributed by atoms with Gasteiger partial charge in [-0.3, -0.25) is 4.68 Å². The molecule has 3 rings (SSSR count). The van der Waals surface area contributed by atoms with Crippen molar-refractivity contribution in [1.29, 1.82) is 0 Å². The first-order valence-electron chi connectivity index (χ1n) is 7.47. The number of nitrogens with zero attached hydrogens (tertiary/aromatic N) is 2. The second-order valence-corrected chi connectivity index (χ2v) is 5.41. The number of halogens is 3. The molecule has 0 saturated heterocycles. The highest BCUT2D eigenvalue weighted by Crippen LogP contribution is 2.33. The van der Waals surface area contributed by atoms with Gasteiger partial charge in [-0.15, -0.1) is 0 Å². The van der Waals surface area contributed by atoms with Crippen LogP contribution < -0.4 is 5.32 Å². The molecule has 0 spiro atoms. The van der Waals surface area contributed by atoms with Gasteiger partial charge in [0.2, 0.25) is 0 Å². The molecule has 0 fully saturated rings. The van der Waals surface area contributed by atoms with Crippen LogP contribution in [0.2, 0.25) is 0 Å². The average molecular weight is 309 g/mol. The summed E-state index contributed by atoms with van der Waals surface area (Å²) in [7, 11) is 0. The number of aromatic nitrogens is 2. The Labute approximate surface area is 127 Å². The fourth-order valence-electron chi connectivity index (χ4n) is 2.93. The third kappa shape index (κ3) is 2.75. The topological polar surface area (TPSA) is 29.9 Å². The predicted octanol–water partition coefficient (Wildman–Crippen LogP) is 3.28. The lowest BCUT2D eigenvalue weighted by Gasteiger charge is -2.11. The van der Waals surface area contributed by atoms with Crippen molar-refractivity contribution in [1.82, 2.24) is 15.1 Å². The van der Waals surface area contributed by atoms with Crippen molar-refractivity contribution in [2.75, 3.05) is 13.1 Å². The number of hydrogen-bond donors (Lipinski definition) is 1. The molecule has 1 aromatic carbocycles. The summed E-state index contributed by atoms with van der Waals surface area (Å²) in [5.74, 6) is 0. The molecule has 1 aliphatic heterocycles. The molecule has 6 heteroatoms. The van der Waals surface area contributed by atoms with E-state index in [1.165, 1.54) is 0 Å². The minimum atomic E-state index is -4.30. The largest absolute Gasteiger partial charge is 0.416 e. The van der Waals surface area contributed by atoms with Crippen LogP contribution in [0.1, 0.15) is 23.7 Å². The third-order valence-electron chi connectivity index (χ3n) is 4.01. The van der Waals surface area contributed by atoms with Crippen LogP contribution in [0.3, 0.4) is 0 Å². The zero-order valence-corrected chi connectivity index (χ0v) is 12.4. The average Bonchev–Trinajstić information content (AvgIpc) is 2.68. The molecule has 1 N–H and O–H groups in total. The van der Waals surface area contributed by atoms with E-state index in [9.17, 15) is 13.2 Å². The maximum atomic E-state index is 12.7. The lowest BCUT2D eigenvalue weighted by Crippen LogP contribution is -2.17. The van der Waals surface area contributed by atoms with Gasteiger partial charge in [0.05, 0.1) is 17.0 Å². The number of nitrogens with one attached hydrogen (secondary N) is 1. The van der Waals surface area contributed by atoms with Gasteiger partial charge in [0.15, 0.2) is 0 Å². The third-order valence-corrected chi connectivity index (χ3v) is 4.01. The summed E-state index contributed by atoms with van der Waals surface area (Å²) >= 11 is 0. The maximum Gasteiger partial charge on any atom is 0.416 e. The highest BCUT2D eigenvalue weighted by atomic mass is 19.4. The zero-order valence-electron chi connectivity index (χ0n) is 12.4. The first-order valence-corrected chi connectivity index (χ1v) is 7.47. The van der Waals surface area contributed by atoms with Crippen LogP contribution in [0.25, 0.3) is 11.3 Å². The van der Waals surface area contributed by atoms with Crippen molar-refractivity contribution in [3.8, 4) is 11.3 Å². The van der Waals surface area contributed by atoms with Gasteiger partial charge in [-0.05, 0) is 32.0 Å².